The van der Waals surface area contributed by atoms with Gasteiger partial charge in [0.1, 0.15) is 0 Å². The van der Waals surface area contributed by atoms with Gasteiger partial charge in [0.25, 0.3) is 0 Å². The summed E-state index contributed by atoms with van der Waals surface area (Å²) in [4.78, 5) is 12.4. The van der Waals surface area contributed by atoms with Gasteiger partial charge < -0.3 is 9.15 Å². The number of hydrogen-bond donors (Lipinski definition) is 1. The summed E-state index contributed by atoms with van der Waals surface area (Å²) in [5.41, 5.74) is 2.97. The number of ether oxygens (including phenoxy) is 1. The molecule has 4 heteroatoms. The number of fused-ring (bicyclic) bond motifs is 2. The standard InChI is InChI=1S/C7H6.C4H5NO3/c1-2-6-4-7(3-1)5-6;1-7-3-2-5-4(6)8-3/h1-4H,5H2;2H,1H3,(H,5,6). The molecule has 2 aliphatic carbocycles. The molecule has 2 aromatic rings. The molecule has 4 rings (SSSR count). The van der Waals surface area contributed by atoms with Crippen molar-refractivity contribution in [2.45, 2.75) is 6.42 Å². The number of methoxy groups -OCH3 is 1. The summed E-state index contributed by atoms with van der Waals surface area (Å²) >= 11 is 0. The molecule has 4 nitrogen and oxygen atoms in total. The molecule has 1 N–H and O–H groups in total. The first kappa shape index (κ1) is 9.58. The third kappa shape index (κ3) is 2.28. The third-order valence-corrected chi connectivity index (χ3v) is 2.10. The molecule has 78 valence electrons. The van der Waals surface area contributed by atoms with Crippen molar-refractivity contribution in [1.82, 2.24) is 4.98 Å². The SMILES string of the molecule is COc1c[nH]c(=O)o1.c1cc2cc(c1)C2. The molecule has 0 spiro atoms. The maximum absolute atomic E-state index is 10.1. The van der Waals surface area contributed by atoms with E-state index >= 15 is 0 Å². The lowest BCUT2D eigenvalue weighted by molar-refractivity contribution is 0.295. The highest BCUT2D eigenvalue weighted by Gasteiger charge is 2.04. The first-order chi connectivity index (χ1) is 7.28. The highest BCUT2D eigenvalue weighted by molar-refractivity contribution is 5.37. The van der Waals surface area contributed by atoms with Gasteiger partial charge in [-0.05, 0) is 17.5 Å². The predicted molar refractivity (Wildman–Crippen MR) is 55.1 cm³/mol. The molecule has 2 aliphatic rings. The second kappa shape index (κ2) is 4.04. The van der Waals surface area contributed by atoms with Crippen LogP contribution >= 0.6 is 0 Å². The third-order valence-electron chi connectivity index (χ3n) is 2.10. The Balaban J connectivity index is 0.000000114. The summed E-state index contributed by atoms with van der Waals surface area (Å²) in [5.74, 6) is -0.295. The van der Waals surface area contributed by atoms with Crippen molar-refractivity contribution in [2.24, 2.45) is 0 Å². The van der Waals surface area contributed by atoms with Gasteiger partial charge in [-0.2, -0.15) is 0 Å². The zero-order valence-corrected chi connectivity index (χ0v) is 8.32. The first-order valence-electron chi connectivity index (χ1n) is 4.58. The Kier molecular flexibility index (Phi) is 2.58. The van der Waals surface area contributed by atoms with Crippen LogP contribution in [0.5, 0.6) is 5.95 Å². The fourth-order valence-electron chi connectivity index (χ4n) is 1.32. The minimum atomic E-state index is -0.498. The largest absolute Gasteiger partial charge is 0.467 e. The molecule has 1 heterocycles. The number of aromatic amines is 1. The minimum Gasteiger partial charge on any atom is -0.467 e. The first-order valence-corrected chi connectivity index (χ1v) is 4.58. The van der Waals surface area contributed by atoms with E-state index in [0.29, 0.717) is 0 Å². The van der Waals surface area contributed by atoms with Crippen LogP contribution in [0.2, 0.25) is 0 Å². The van der Waals surface area contributed by atoms with Crippen LogP contribution in [0.25, 0.3) is 0 Å². The lowest BCUT2D eigenvalue weighted by Gasteiger charge is -2.11. The second-order valence-corrected chi connectivity index (χ2v) is 3.20. The van der Waals surface area contributed by atoms with Crippen molar-refractivity contribution < 1.29 is 9.15 Å². The molecular formula is C11H11NO3. The van der Waals surface area contributed by atoms with E-state index in [4.69, 9.17) is 0 Å². The summed E-state index contributed by atoms with van der Waals surface area (Å²) in [7, 11) is 1.42. The summed E-state index contributed by atoms with van der Waals surface area (Å²) in [6.45, 7) is 0. The lowest BCUT2D eigenvalue weighted by Crippen LogP contribution is -1.97. The molecule has 1 aromatic carbocycles. The van der Waals surface area contributed by atoms with Gasteiger partial charge in [0.2, 0.25) is 0 Å². The number of benzene rings is 1. The minimum absolute atomic E-state index is 0.204. The van der Waals surface area contributed by atoms with Crippen molar-refractivity contribution in [2.75, 3.05) is 7.11 Å². The van der Waals surface area contributed by atoms with Crippen LogP contribution in [0.1, 0.15) is 11.1 Å². The molecule has 15 heavy (non-hydrogen) atoms. The molecule has 1 aromatic heterocycles. The van der Waals surface area contributed by atoms with Crippen molar-refractivity contribution in [3.05, 3.63) is 52.1 Å². The van der Waals surface area contributed by atoms with Crippen molar-refractivity contribution >= 4 is 0 Å². The maximum Gasteiger partial charge on any atom is 0.419 e. The molecule has 0 saturated carbocycles. The Morgan fingerprint density at radius 3 is 2.27 bits per heavy atom. The molecule has 0 saturated heterocycles. The van der Waals surface area contributed by atoms with E-state index in [1.54, 1.807) is 0 Å². The van der Waals surface area contributed by atoms with Crippen LogP contribution < -0.4 is 10.5 Å². The zero-order chi connectivity index (χ0) is 10.7. The van der Waals surface area contributed by atoms with Gasteiger partial charge >= 0.3 is 11.7 Å². The zero-order valence-electron chi connectivity index (χ0n) is 8.32. The predicted octanol–water partition coefficient (Wildman–Crippen LogP) is 1.57. The Hall–Kier alpha value is -1.97. The lowest BCUT2D eigenvalue weighted by atomic mass is 9.94. The number of aromatic nitrogens is 1. The Bertz CT molecular complexity index is 474. The maximum atomic E-state index is 10.1. The molecular weight excluding hydrogens is 194 g/mol. The van der Waals surface area contributed by atoms with Crippen molar-refractivity contribution in [3.63, 3.8) is 0 Å². The van der Waals surface area contributed by atoms with Crippen LogP contribution in [0.3, 0.4) is 0 Å². The van der Waals surface area contributed by atoms with Crippen LogP contribution in [0.4, 0.5) is 0 Å². The van der Waals surface area contributed by atoms with Gasteiger partial charge in [-0.25, -0.2) is 4.79 Å². The van der Waals surface area contributed by atoms with E-state index in [1.807, 2.05) is 0 Å². The van der Waals surface area contributed by atoms with E-state index in [9.17, 15) is 4.79 Å². The molecule has 0 amide bonds. The molecule has 0 fully saturated rings. The molecule has 0 radical (unpaired) electrons. The number of oxazole rings is 1. The van der Waals surface area contributed by atoms with Gasteiger partial charge in [-0.3, -0.25) is 4.98 Å². The van der Waals surface area contributed by atoms with E-state index in [-0.39, 0.29) is 5.95 Å². The van der Waals surface area contributed by atoms with E-state index in [1.165, 1.54) is 30.9 Å². The van der Waals surface area contributed by atoms with Crippen LogP contribution in [-0.2, 0) is 6.42 Å². The van der Waals surface area contributed by atoms with Gasteiger partial charge in [-0.15, -0.1) is 0 Å². The van der Waals surface area contributed by atoms with Gasteiger partial charge in [0.15, 0.2) is 0 Å². The molecule has 2 bridgehead atoms. The van der Waals surface area contributed by atoms with E-state index < -0.39 is 5.76 Å². The summed E-state index contributed by atoms with van der Waals surface area (Å²) in [5, 5.41) is 0. The Labute approximate surface area is 86.5 Å². The molecule has 0 unspecified atom stereocenters. The normalized spacial score (nSPS) is 11.0. The highest BCUT2D eigenvalue weighted by atomic mass is 16.6. The highest BCUT2D eigenvalue weighted by Crippen LogP contribution is 2.18. The smallest absolute Gasteiger partial charge is 0.419 e. The fraction of sp³-hybridized carbons (Fsp3) is 0.182. The summed E-state index contributed by atoms with van der Waals surface area (Å²) in [6.07, 6.45) is 2.57. The van der Waals surface area contributed by atoms with Crippen LogP contribution in [0, 0.1) is 0 Å². The van der Waals surface area contributed by atoms with Gasteiger partial charge in [-0.1, -0.05) is 24.3 Å². The number of nitrogens with one attached hydrogen (secondary N) is 1. The van der Waals surface area contributed by atoms with Crippen molar-refractivity contribution in [3.8, 4) is 5.95 Å². The van der Waals surface area contributed by atoms with Crippen LogP contribution in [-0.4, -0.2) is 12.1 Å². The molecule has 0 aliphatic heterocycles. The average Bonchev–Trinajstić information content (AvgIpc) is 2.65. The Morgan fingerprint density at radius 2 is 2.07 bits per heavy atom. The number of hydrogen-bond acceptors (Lipinski definition) is 3. The number of H-pyrrole nitrogens is 1. The summed E-state index contributed by atoms with van der Waals surface area (Å²) < 4.78 is 8.94. The van der Waals surface area contributed by atoms with Crippen molar-refractivity contribution in [1.29, 1.82) is 0 Å². The second-order valence-electron chi connectivity index (χ2n) is 3.20. The quantitative estimate of drug-likeness (QED) is 0.656. The fourth-order valence-corrected chi connectivity index (χ4v) is 1.32. The Morgan fingerprint density at radius 1 is 1.40 bits per heavy atom. The van der Waals surface area contributed by atoms with E-state index in [2.05, 4.69) is 38.4 Å². The molecule has 0 atom stereocenters. The topological polar surface area (TPSA) is 55.2 Å². The van der Waals surface area contributed by atoms with Gasteiger partial charge in [0.05, 0.1) is 13.3 Å². The van der Waals surface area contributed by atoms with Gasteiger partial charge in [0, 0.05) is 0 Å². The average molecular weight is 205 g/mol. The number of rotatable bonds is 1. The monoisotopic (exact) mass is 205 g/mol. The summed E-state index contributed by atoms with van der Waals surface area (Å²) in [6, 6.07) is 8.65. The van der Waals surface area contributed by atoms with E-state index in [0.717, 1.165) is 0 Å². The van der Waals surface area contributed by atoms with Crippen LogP contribution in [0.15, 0.2) is 39.7 Å².